The second-order valence-electron chi connectivity index (χ2n) is 4.34. The van der Waals surface area contributed by atoms with Gasteiger partial charge in [-0.25, -0.2) is 0 Å². The van der Waals surface area contributed by atoms with Gasteiger partial charge in [-0.3, -0.25) is 0 Å². The Balaban J connectivity index is 2.03. The molecule has 3 rings (SSSR count). The fraction of sp³-hybridized carbons (Fsp3) is 0.0714. The summed E-state index contributed by atoms with van der Waals surface area (Å²) in [5, 5.41) is 12.8. The van der Waals surface area contributed by atoms with Gasteiger partial charge in [-0.2, -0.15) is 5.26 Å². The SMILES string of the molecule is N#CC1=C(N)NC=C2CN(c3ccccc3Cl)C=C21. The maximum atomic E-state index is 9.18. The molecule has 0 aromatic heterocycles. The summed E-state index contributed by atoms with van der Waals surface area (Å²) in [6.45, 7) is 0.671. The van der Waals surface area contributed by atoms with Gasteiger partial charge in [0.25, 0.3) is 0 Å². The van der Waals surface area contributed by atoms with Gasteiger partial charge in [-0.1, -0.05) is 23.7 Å². The van der Waals surface area contributed by atoms with E-state index in [1.807, 2.05) is 41.6 Å². The average Bonchev–Trinajstić information content (AvgIpc) is 2.83. The lowest BCUT2D eigenvalue weighted by atomic mass is 10.0. The molecule has 0 unspecified atom stereocenters. The van der Waals surface area contributed by atoms with E-state index in [-0.39, 0.29) is 0 Å². The van der Waals surface area contributed by atoms with Gasteiger partial charge in [0, 0.05) is 24.5 Å². The van der Waals surface area contributed by atoms with Crippen molar-refractivity contribution in [2.45, 2.75) is 0 Å². The Morgan fingerprint density at radius 2 is 2.16 bits per heavy atom. The van der Waals surface area contributed by atoms with E-state index in [2.05, 4.69) is 11.4 Å². The van der Waals surface area contributed by atoms with Crippen molar-refractivity contribution in [3.63, 3.8) is 0 Å². The molecule has 1 aromatic carbocycles. The average molecular weight is 271 g/mol. The molecule has 5 heteroatoms. The highest BCUT2D eigenvalue weighted by Gasteiger charge is 2.27. The van der Waals surface area contributed by atoms with Crippen LogP contribution in [0.3, 0.4) is 0 Å². The number of nitriles is 1. The number of anilines is 1. The molecule has 2 aliphatic rings. The van der Waals surface area contributed by atoms with Gasteiger partial charge in [0.15, 0.2) is 0 Å². The fourth-order valence-electron chi connectivity index (χ4n) is 2.24. The number of para-hydroxylation sites is 1. The van der Waals surface area contributed by atoms with Crippen LogP contribution in [0.4, 0.5) is 5.69 Å². The van der Waals surface area contributed by atoms with Crippen LogP contribution in [0.2, 0.25) is 5.02 Å². The quantitative estimate of drug-likeness (QED) is 0.821. The normalized spacial score (nSPS) is 17.4. The Morgan fingerprint density at radius 3 is 2.89 bits per heavy atom. The van der Waals surface area contributed by atoms with Crippen LogP contribution < -0.4 is 16.0 Å². The van der Waals surface area contributed by atoms with Gasteiger partial charge in [-0.05, 0) is 17.7 Å². The standard InChI is InChI=1S/C14H11ClN4/c15-12-3-1-2-4-13(12)19-7-9-6-18-14(17)10(5-16)11(9)8-19/h1-4,6,8,18H,7,17H2. The third-order valence-electron chi connectivity index (χ3n) is 3.19. The fourth-order valence-corrected chi connectivity index (χ4v) is 2.49. The van der Waals surface area contributed by atoms with Crippen LogP contribution in [0.15, 0.2) is 59.2 Å². The largest absolute Gasteiger partial charge is 0.384 e. The van der Waals surface area contributed by atoms with Crippen molar-refractivity contribution in [3.8, 4) is 6.07 Å². The Bertz CT molecular complexity index is 679. The molecule has 4 nitrogen and oxygen atoms in total. The van der Waals surface area contributed by atoms with Gasteiger partial charge in [-0.15, -0.1) is 0 Å². The zero-order valence-corrected chi connectivity index (χ0v) is 10.8. The number of benzene rings is 1. The van der Waals surface area contributed by atoms with Crippen molar-refractivity contribution in [2.24, 2.45) is 5.73 Å². The van der Waals surface area contributed by atoms with Crippen LogP contribution in [0.25, 0.3) is 0 Å². The minimum atomic E-state index is 0.388. The monoisotopic (exact) mass is 270 g/mol. The maximum absolute atomic E-state index is 9.18. The summed E-state index contributed by atoms with van der Waals surface area (Å²) in [6, 6.07) is 9.75. The van der Waals surface area contributed by atoms with Crippen molar-refractivity contribution in [1.29, 1.82) is 5.26 Å². The molecule has 3 N–H and O–H groups in total. The van der Waals surface area contributed by atoms with Crippen molar-refractivity contribution in [2.75, 3.05) is 11.4 Å². The lowest BCUT2D eigenvalue weighted by Gasteiger charge is -2.17. The first kappa shape index (κ1) is 11.7. The number of nitrogens with one attached hydrogen (secondary N) is 1. The summed E-state index contributed by atoms with van der Waals surface area (Å²) in [4.78, 5) is 2.02. The Kier molecular flexibility index (Phi) is 2.69. The number of nitrogens with two attached hydrogens (primary N) is 1. The van der Waals surface area contributed by atoms with E-state index in [1.165, 1.54) is 0 Å². The van der Waals surface area contributed by atoms with E-state index >= 15 is 0 Å². The minimum absolute atomic E-state index is 0.388. The summed E-state index contributed by atoms with van der Waals surface area (Å²) < 4.78 is 0. The number of rotatable bonds is 1. The van der Waals surface area contributed by atoms with Crippen LogP contribution in [0, 0.1) is 11.3 Å². The van der Waals surface area contributed by atoms with Crippen LogP contribution in [0.1, 0.15) is 0 Å². The molecule has 0 saturated carbocycles. The predicted octanol–water partition coefficient (Wildman–Crippen LogP) is 2.22. The van der Waals surface area contributed by atoms with E-state index in [4.69, 9.17) is 17.3 Å². The molecule has 0 amide bonds. The molecule has 2 heterocycles. The molecular weight excluding hydrogens is 260 g/mol. The van der Waals surface area contributed by atoms with Gasteiger partial charge < -0.3 is 16.0 Å². The second kappa shape index (κ2) is 4.38. The molecule has 0 aliphatic carbocycles. The van der Waals surface area contributed by atoms with Gasteiger partial charge in [0.1, 0.15) is 17.5 Å². The molecule has 0 radical (unpaired) electrons. The minimum Gasteiger partial charge on any atom is -0.384 e. The highest BCUT2D eigenvalue weighted by molar-refractivity contribution is 6.33. The van der Waals surface area contributed by atoms with Gasteiger partial charge >= 0.3 is 0 Å². The molecule has 1 aromatic rings. The summed E-state index contributed by atoms with van der Waals surface area (Å²) >= 11 is 6.19. The first-order valence-corrected chi connectivity index (χ1v) is 6.17. The molecule has 0 spiro atoms. The maximum Gasteiger partial charge on any atom is 0.119 e. The molecule has 94 valence electrons. The highest BCUT2D eigenvalue weighted by Crippen LogP contribution is 2.35. The second-order valence-corrected chi connectivity index (χ2v) is 4.74. The topological polar surface area (TPSA) is 65.1 Å². The zero-order valence-electron chi connectivity index (χ0n) is 10.0. The van der Waals surface area contributed by atoms with Crippen molar-refractivity contribution in [1.82, 2.24) is 5.32 Å². The summed E-state index contributed by atoms with van der Waals surface area (Å²) in [5.74, 6) is 0.388. The van der Waals surface area contributed by atoms with Crippen LogP contribution in [-0.4, -0.2) is 6.54 Å². The first-order valence-electron chi connectivity index (χ1n) is 5.80. The van der Waals surface area contributed by atoms with E-state index in [0.717, 1.165) is 16.8 Å². The van der Waals surface area contributed by atoms with Gasteiger partial charge in [0.05, 0.1) is 10.7 Å². The lowest BCUT2D eigenvalue weighted by Crippen LogP contribution is -2.22. The summed E-state index contributed by atoms with van der Waals surface area (Å²) in [7, 11) is 0. The Morgan fingerprint density at radius 1 is 1.37 bits per heavy atom. The number of hydrogen-bond donors (Lipinski definition) is 2. The van der Waals surface area contributed by atoms with Crippen LogP contribution >= 0.6 is 11.6 Å². The van der Waals surface area contributed by atoms with Crippen LogP contribution in [0.5, 0.6) is 0 Å². The molecule has 0 atom stereocenters. The molecule has 0 saturated heterocycles. The van der Waals surface area contributed by atoms with Crippen LogP contribution in [-0.2, 0) is 0 Å². The summed E-state index contributed by atoms with van der Waals surface area (Å²) in [5.41, 5.74) is 9.07. The van der Waals surface area contributed by atoms with E-state index in [1.54, 1.807) is 0 Å². The summed E-state index contributed by atoms with van der Waals surface area (Å²) in [6.07, 6.45) is 3.75. The molecule has 0 bridgehead atoms. The van der Waals surface area contributed by atoms with Crippen molar-refractivity contribution < 1.29 is 0 Å². The smallest absolute Gasteiger partial charge is 0.119 e. The third-order valence-corrected chi connectivity index (χ3v) is 3.51. The zero-order chi connectivity index (χ0) is 13.4. The van der Waals surface area contributed by atoms with Crippen molar-refractivity contribution >= 4 is 17.3 Å². The number of allylic oxidation sites excluding steroid dienone is 1. The molecule has 0 fully saturated rings. The van der Waals surface area contributed by atoms with E-state index in [0.29, 0.717) is 23.0 Å². The number of nitrogens with zero attached hydrogens (tertiary/aromatic N) is 2. The van der Waals surface area contributed by atoms with Gasteiger partial charge in [0.2, 0.25) is 0 Å². The van der Waals surface area contributed by atoms with E-state index < -0.39 is 0 Å². The molecule has 2 aliphatic heterocycles. The number of halogens is 1. The van der Waals surface area contributed by atoms with E-state index in [9.17, 15) is 5.26 Å². The Labute approximate surface area is 116 Å². The number of hydrogen-bond acceptors (Lipinski definition) is 4. The molecule has 19 heavy (non-hydrogen) atoms. The highest BCUT2D eigenvalue weighted by atomic mass is 35.5. The number of dihydropyridines is 1. The van der Waals surface area contributed by atoms with Crippen molar-refractivity contribution in [3.05, 3.63) is 64.2 Å². The third kappa shape index (κ3) is 1.85. The molecular formula is C14H11ClN4. The first-order chi connectivity index (χ1) is 9.20. The Hall–Kier alpha value is -2.38. The predicted molar refractivity (Wildman–Crippen MR) is 74.9 cm³/mol. The lowest BCUT2D eigenvalue weighted by molar-refractivity contribution is 0.962. The number of fused-ring (bicyclic) bond motifs is 1.